The Hall–Kier alpha value is -1.16. The number of amides is 1. The van der Waals surface area contributed by atoms with Crippen LogP contribution in [0.5, 0.6) is 0 Å². The summed E-state index contributed by atoms with van der Waals surface area (Å²) in [6.07, 6.45) is 5.44. The molecule has 1 amide bonds. The number of aryl methyl sites for hydroxylation is 1. The SMILES string of the molecule is CCCCCCCC(=O)Nc1c(C)cccc1CP(=O)(O)O. The summed E-state index contributed by atoms with van der Waals surface area (Å²) < 4.78 is 11.2. The number of anilines is 1. The van der Waals surface area contributed by atoms with Crippen molar-refractivity contribution < 1.29 is 19.1 Å². The second kappa shape index (κ2) is 9.09. The highest BCUT2D eigenvalue weighted by Gasteiger charge is 2.18. The van der Waals surface area contributed by atoms with Gasteiger partial charge in [-0.3, -0.25) is 9.36 Å². The van der Waals surface area contributed by atoms with Gasteiger partial charge in [0.25, 0.3) is 0 Å². The zero-order valence-corrected chi connectivity index (χ0v) is 14.2. The Morgan fingerprint density at radius 3 is 2.50 bits per heavy atom. The molecule has 5 nitrogen and oxygen atoms in total. The Morgan fingerprint density at radius 2 is 1.86 bits per heavy atom. The fourth-order valence-electron chi connectivity index (χ4n) is 2.35. The van der Waals surface area contributed by atoms with Crippen molar-refractivity contribution >= 4 is 19.2 Å². The fraction of sp³-hybridized carbons (Fsp3) is 0.562. The molecule has 0 aliphatic rings. The van der Waals surface area contributed by atoms with Crippen LogP contribution >= 0.6 is 7.60 Å². The van der Waals surface area contributed by atoms with Crippen molar-refractivity contribution in [3.05, 3.63) is 29.3 Å². The minimum atomic E-state index is -4.16. The zero-order valence-electron chi connectivity index (χ0n) is 13.3. The molecule has 0 heterocycles. The average molecular weight is 327 g/mol. The van der Waals surface area contributed by atoms with Crippen molar-refractivity contribution in [2.24, 2.45) is 0 Å². The molecule has 22 heavy (non-hydrogen) atoms. The van der Waals surface area contributed by atoms with E-state index < -0.39 is 7.60 Å². The highest BCUT2D eigenvalue weighted by molar-refractivity contribution is 7.50. The first-order valence-electron chi connectivity index (χ1n) is 7.76. The first kappa shape index (κ1) is 18.9. The summed E-state index contributed by atoms with van der Waals surface area (Å²) in [6.45, 7) is 3.97. The molecule has 0 aromatic heterocycles. The van der Waals surface area contributed by atoms with Gasteiger partial charge in [-0.2, -0.15) is 0 Å². The number of benzene rings is 1. The summed E-state index contributed by atoms with van der Waals surface area (Å²) >= 11 is 0. The predicted octanol–water partition coefficient (Wildman–Crippen LogP) is 3.97. The van der Waals surface area contributed by atoms with Crippen molar-refractivity contribution in [2.45, 2.75) is 58.5 Å². The smallest absolute Gasteiger partial charge is 0.326 e. The molecular weight excluding hydrogens is 301 g/mol. The first-order valence-corrected chi connectivity index (χ1v) is 9.56. The Bertz CT molecular complexity index is 539. The number of hydrogen-bond acceptors (Lipinski definition) is 2. The molecule has 0 spiro atoms. The maximum atomic E-state index is 12.0. The van der Waals surface area contributed by atoms with Crippen LogP contribution in [0.1, 0.15) is 56.6 Å². The summed E-state index contributed by atoms with van der Waals surface area (Å²) in [6, 6.07) is 5.20. The molecule has 6 heteroatoms. The summed E-state index contributed by atoms with van der Waals surface area (Å²) in [7, 11) is -4.16. The summed E-state index contributed by atoms with van der Waals surface area (Å²) in [5, 5.41) is 2.81. The van der Waals surface area contributed by atoms with E-state index in [1.54, 1.807) is 12.1 Å². The van der Waals surface area contributed by atoms with Gasteiger partial charge < -0.3 is 15.1 Å². The lowest BCUT2D eigenvalue weighted by Gasteiger charge is -2.14. The van der Waals surface area contributed by atoms with Gasteiger partial charge in [0.15, 0.2) is 0 Å². The number of carbonyl (C=O) groups is 1. The lowest BCUT2D eigenvalue weighted by Crippen LogP contribution is -2.14. The lowest BCUT2D eigenvalue weighted by molar-refractivity contribution is -0.116. The van der Waals surface area contributed by atoms with Crippen LogP contribution in [0.25, 0.3) is 0 Å². The average Bonchev–Trinajstić information content (AvgIpc) is 2.41. The van der Waals surface area contributed by atoms with E-state index in [0.717, 1.165) is 24.8 Å². The van der Waals surface area contributed by atoms with Gasteiger partial charge in [-0.05, 0) is 24.5 Å². The van der Waals surface area contributed by atoms with Crippen LogP contribution in [0.2, 0.25) is 0 Å². The van der Waals surface area contributed by atoms with Crippen molar-refractivity contribution in [1.82, 2.24) is 0 Å². The van der Waals surface area contributed by atoms with E-state index in [-0.39, 0.29) is 12.1 Å². The Kier molecular flexibility index (Phi) is 7.80. The molecule has 0 bridgehead atoms. The van der Waals surface area contributed by atoms with Crippen molar-refractivity contribution in [1.29, 1.82) is 0 Å². The molecule has 124 valence electrons. The van der Waals surface area contributed by atoms with E-state index in [4.69, 9.17) is 9.79 Å². The van der Waals surface area contributed by atoms with Gasteiger partial charge in [0.05, 0.1) is 6.16 Å². The second-order valence-electron chi connectivity index (χ2n) is 5.64. The summed E-state index contributed by atoms with van der Waals surface area (Å²) in [5.41, 5.74) is 1.82. The first-order chi connectivity index (χ1) is 10.3. The van der Waals surface area contributed by atoms with Crippen LogP contribution in [0.3, 0.4) is 0 Å². The summed E-state index contributed by atoms with van der Waals surface area (Å²) in [4.78, 5) is 30.3. The molecule has 0 atom stereocenters. The van der Waals surface area contributed by atoms with Gasteiger partial charge >= 0.3 is 7.60 Å². The van der Waals surface area contributed by atoms with Crippen LogP contribution < -0.4 is 5.32 Å². The highest BCUT2D eigenvalue weighted by Crippen LogP contribution is 2.41. The molecule has 0 saturated heterocycles. The molecule has 1 aromatic carbocycles. The fourth-order valence-corrected chi connectivity index (χ4v) is 3.06. The van der Waals surface area contributed by atoms with Crippen molar-refractivity contribution in [3.63, 3.8) is 0 Å². The van der Waals surface area contributed by atoms with E-state index >= 15 is 0 Å². The van der Waals surface area contributed by atoms with Gasteiger partial charge in [0.1, 0.15) is 0 Å². The van der Waals surface area contributed by atoms with Gasteiger partial charge in [-0.15, -0.1) is 0 Å². The van der Waals surface area contributed by atoms with Crippen molar-refractivity contribution in [2.75, 3.05) is 5.32 Å². The largest absolute Gasteiger partial charge is 0.329 e. The number of para-hydroxylation sites is 1. The van der Waals surface area contributed by atoms with E-state index in [1.807, 2.05) is 13.0 Å². The Balaban J connectivity index is 2.64. The van der Waals surface area contributed by atoms with Crippen LogP contribution in [0.15, 0.2) is 18.2 Å². The molecule has 0 unspecified atom stereocenters. The highest BCUT2D eigenvalue weighted by atomic mass is 31.2. The number of carbonyl (C=O) groups excluding carboxylic acids is 1. The van der Waals surface area contributed by atoms with Crippen LogP contribution in [0.4, 0.5) is 5.69 Å². The standard InChI is InChI=1S/C16H26NO4P/c1-3-4-5-6-7-11-15(18)17-16-13(2)9-8-10-14(16)12-22(19,20)21/h8-10H,3-7,11-12H2,1-2H3,(H,17,18)(H2,19,20,21). The number of hydrogen-bond donors (Lipinski definition) is 3. The monoisotopic (exact) mass is 327 g/mol. The molecule has 1 rings (SSSR count). The topological polar surface area (TPSA) is 86.6 Å². The van der Waals surface area contributed by atoms with Gasteiger partial charge in [-0.1, -0.05) is 50.8 Å². The second-order valence-corrected chi connectivity index (χ2v) is 7.29. The minimum absolute atomic E-state index is 0.0993. The Morgan fingerprint density at radius 1 is 1.18 bits per heavy atom. The van der Waals surface area contributed by atoms with Gasteiger partial charge in [0, 0.05) is 12.1 Å². The molecule has 0 aliphatic carbocycles. The molecule has 0 radical (unpaired) electrons. The maximum Gasteiger partial charge on any atom is 0.329 e. The lowest BCUT2D eigenvalue weighted by atomic mass is 10.1. The predicted molar refractivity (Wildman–Crippen MR) is 88.9 cm³/mol. The molecule has 0 aliphatic heterocycles. The molecule has 3 N–H and O–H groups in total. The van der Waals surface area contributed by atoms with Gasteiger partial charge in [-0.25, -0.2) is 0 Å². The van der Waals surface area contributed by atoms with E-state index in [1.165, 1.54) is 12.8 Å². The quantitative estimate of drug-likeness (QED) is 0.473. The third kappa shape index (κ3) is 7.21. The minimum Gasteiger partial charge on any atom is -0.326 e. The molecule has 0 fully saturated rings. The zero-order chi connectivity index (χ0) is 16.6. The van der Waals surface area contributed by atoms with Crippen LogP contribution in [-0.4, -0.2) is 15.7 Å². The van der Waals surface area contributed by atoms with E-state index in [0.29, 0.717) is 17.7 Å². The normalized spacial score (nSPS) is 11.5. The number of unbranched alkanes of at least 4 members (excludes halogenated alkanes) is 4. The molecule has 1 aromatic rings. The number of nitrogens with one attached hydrogen (secondary N) is 1. The van der Waals surface area contributed by atoms with Crippen molar-refractivity contribution in [3.8, 4) is 0 Å². The van der Waals surface area contributed by atoms with Gasteiger partial charge in [0.2, 0.25) is 5.91 Å². The number of rotatable bonds is 9. The van der Waals surface area contributed by atoms with Crippen LogP contribution in [-0.2, 0) is 15.5 Å². The third-order valence-corrected chi connectivity index (χ3v) is 4.26. The summed E-state index contributed by atoms with van der Waals surface area (Å²) in [5.74, 6) is -0.0993. The maximum absolute atomic E-state index is 12.0. The molecular formula is C16H26NO4P. The third-order valence-electron chi connectivity index (χ3n) is 3.51. The Labute approximate surface area is 132 Å². The van der Waals surface area contributed by atoms with E-state index in [9.17, 15) is 9.36 Å². The van der Waals surface area contributed by atoms with E-state index in [2.05, 4.69) is 12.2 Å². The molecule has 0 saturated carbocycles. The van der Waals surface area contributed by atoms with Crippen LogP contribution in [0, 0.1) is 6.92 Å².